The summed E-state index contributed by atoms with van der Waals surface area (Å²) in [6.07, 6.45) is 8.77. The minimum atomic E-state index is -1.48. The maximum atomic E-state index is 6.06. The van der Waals surface area contributed by atoms with E-state index in [1.54, 1.807) is 0 Å². The zero-order valence-corrected chi connectivity index (χ0v) is 22.1. The minimum Gasteiger partial charge on any atom is -1.00 e. The zero-order valence-electron chi connectivity index (χ0n) is 17.2. The molecule has 0 heterocycles. The Balaban J connectivity index is 0.00000243. The Kier molecular flexibility index (Phi) is 11.6. The fourth-order valence-corrected chi connectivity index (χ4v) is 3.93. The van der Waals surface area contributed by atoms with Gasteiger partial charge in [0.1, 0.15) is 6.61 Å². The van der Waals surface area contributed by atoms with Crippen LogP contribution < -0.4 is 24.8 Å². The second-order valence-electron chi connectivity index (χ2n) is 7.68. The van der Waals surface area contributed by atoms with Crippen LogP contribution in [0.5, 0.6) is 0 Å². The van der Waals surface area contributed by atoms with Crippen LogP contribution >= 0.6 is 0 Å². The number of hydrogen-bond donors (Lipinski definition) is 0. The molecule has 0 N–H and O–H groups in total. The van der Waals surface area contributed by atoms with Gasteiger partial charge in [0.05, 0.1) is 12.4 Å². The fourth-order valence-electron chi connectivity index (χ4n) is 3.23. The standard InChI is InChI=1S/C22H27O2Si.2ClH.Zr/c1-16(2)22-18-10-7-6-9-17(18)15-20(22)19-11-8-12-21(19)23-13-14-24-25(3,4)5;;;/h6-10,12H,11,13-14H2,1-5H3;2*1H;/q-1;;;+3/p-2. The molecule has 0 spiro atoms. The Hall–Kier alpha value is -0.380. The smallest absolute Gasteiger partial charge is 1.00 e. The predicted octanol–water partition coefficient (Wildman–Crippen LogP) is -0.341. The average molecular weight is 514 g/mol. The van der Waals surface area contributed by atoms with Crippen LogP contribution in [0.15, 0.2) is 58.9 Å². The Labute approximate surface area is 202 Å². The van der Waals surface area contributed by atoms with Gasteiger partial charge in [-0.3, -0.25) is 0 Å². The maximum Gasteiger partial charge on any atom is 3.00 e. The van der Waals surface area contributed by atoms with Crippen LogP contribution in [0.4, 0.5) is 0 Å². The summed E-state index contributed by atoms with van der Waals surface area (Å²) in [6, 6.07) is 8.49. The number of ether oxygens (including phenoxy) is 1. The van der Waals surface area contributed by atoms with Crippen molar-refractivity contribution < 1.29 is 60.2 Å². The molecule has 0 atom stereocenters. The molecule has 3 rings (SSSR count). The molecule has 1 aromatic carbocycles. The van der Waals surface area contributed by atoms with Crippen LogP contribution in [0.25, 0.3) is 5.57 Å². The Morgan fingerprint density at radius 3 is 2.39 bits per heavy atom. The van der Waals surface area contributed by atoms with Gasteiger partial charge in [0.2, 0.25) is 0 Å². The van der Waals surface area contributed by atoms with E-state index in [1.807, 2.05) is 0 Å². The Morgan fingerprint density at radius 1 is 1.07 bits per heavy atom. The number of fused-ring (bicyclic) bond motifs is 1. The van der Waals surface area contributed by atoms with Crippen molar-refractivity contribution in [3.63, 3.8) is 0 Å². The predicted molar refractivity (Wildman–Crippen MR) is 107 cm³/mol. The molecule has 0 bridgehead atoms. The van der Waals surface area contributed by atoms with Crippen LogP contribution in [0.3, 0.4) is 0 Å². The summed E-state index contributed by atoms with van der Waals surface area (Å²) in [4.78, 5) is 0. The molecular weight excluding hydrogens is 486 g/mol. The van der Waals surface area contributed by atoms with E-state index in [-0.39, 0.29) is 51.0 Å². The van der Waals surface area contributed by atoms with Crippen molar-refractivity contribution in [2.45, 2.75) is 39.9 Å². The third-order valence-electron chi connectivity index (χ3n) is 4.27. The molecule has 28 heavy (non-hydrogen) atoms. The molecule has 6 heteroatoms. The molecule has 0 fully saturated rings. The van der Waals surface area contributed by atoms with Crippen molar-refractivity contribution in [1.29, 1.82) is 0 Å². The summed E-state index contributed by atoms with van der Waals surface area (Å²) < 4.78 is 12.0. The van der Waals surface area contributed by atoms with Crippen molar-refractivity contribution in [1.82, 2.24) is 0 Å². The van der Waals surface area contributed by atoms with Gasteiger partial charge >= 0.3 is 26.2 Å². The van der Waals surface area contributed by atoms with Crippen LogP contribution in [0.1, 0.15) is 31.4 Å². The minimum absolute atomic E-state index is 0. The van der Waals surface area contributed by atoms with Crippen LogP contribution in [-0.4, -0.2) is 21.5 Å². The van der Waals surface area contributed by atoms with Crippen LogP contribution in [-0.2, 0) is 35.4 Å². The van der Waals surface area contributed by atoms with Crippen LogP contribution in [0, 0.1) is 6.08 Å². The van der Waals surface area contributed by atoms with E-state index in [1.165, 1.54) is 33.4 Å². The first-order valence-electron chi connectivity index (χ1n) is 8.95. The molecule has 0 aliphatic heterocycles. The van der Waals surface area contributed by atoms with E-state index in [4.69, 9.17) is 9.16 Å². The third-order valence-corrected chi connectivity index (χ3v) is 5.34. The van der Waals surface area contributed by atoms with Gasteiger partial charge in [-0.05, 0) is 32.1 Å². The van der Waals surface area contributed by atoms with Gasteiger partial charge in [-0.15, -0.1) is 40.0 Å². The first-order valence-corrected chi connectivity index (χ1v) is 12.4. The average Bonchev–Trinajstić information content (AvgIpc) is 3.14. The molecular formula is C22H27Cl2O2SiZr. The molecule has 0 amide bonds. The maximum absolute atomic E-state index is 6.06. The molecule has 1 radical (unpaired) electrons. The van der Waals surface area contributed by atoms with Gasteiger partial charge in [0, 0.05) is 0 Å². The summed E-state index contributed by atoms with van der Waals surface area (Å²) >= 11 is 0. The number of benzene rings is 1. The molecule has 2 aliphatic rings. The SMILES string of the molecule is CC(C)=C1C(C2=C(OCCO[Si](C)(C)C)C=CC2)=[C-]c2ccccc21.[Cl-].[Cl-].[Zr+3]. The fraction of sp³-hybridized carbons (Fsp3) is 0.364. The van der Waals surface area contributed by atoms with E-state index in [9.17, 15) is 0 Å². The molecule has 0 saturated carbocycles. The third kappa shape index (κ3) is 6.57. The van der Waals surface area contributed by atoms with Gasteiger partial charge in [0.15, 0.2) is 8.32 Å². The molecule has 2 nitrogen and oxygen atoms in total. The monoisotopic (exact) mass is 511 g/mol. The Morgan fingerprint density at radius 2 is 1.75 bits per heavy atom. The zero-order chi connectivity index (χ0) is 18.0. The number of halogens is 2. The topological polar surface area (TPSA) is 18.5 Å². The van der Waals surface area contributed by atoms with Gasteiger partial charge in [-0.2, -0.15) is 0 Å². The van der Waals surface area contributed by atoms with E-state index >= 15 is 0 Å². The summed E-state index contributed by atoms with van der Waals surface area (Å²) in [5, 5.41) is 0. The first kappa shape index (κ1) is 27.6. The molecule has 0 saturated heterocycles. The summed E-state index contributed by atoms with van der Waals surface area (Å²) in [7, 11) is -1.48. The second-order valence-corrected chi connectivity index (χ2v) is 12.2. The van der Waals surface area contributed by atoms with Gasteiger partial charge in [-0.1, -0.05) is 43.7 Å². The van der Waals surface area contributed by atoms with Crippen molar-refractivity contribution in [2.24, 2.45) is 0 Å². The number of rotatable bonds is 6. The van der Waals surface area contributed by atoms with Crippen molar-refractivity contribution in [2.75, 3.05) is 13.2 Å². The largest absolute Gasteiger partial charge is 3.00 e. The molecule has 0 aromatic heterocycles. The normalized spacial score (nSPS) is 14.6. The Bertz CT molecular complexity index is 801. The number of hydrogen-bond acceptors (Lipinski definition) is 2. The van der Waals surface area contributed by atoms with Gasteiger partial charge in [0.25, 0.3) is 0 Å². The van der Waals surface area contributed by atoms with Gasteiger partial charge in [-0.25, -0.2) is 0 Å². The molecule has 2 aliphatic carbocycles. The van der Waals surface area contributed by atoms with Crippen molar-refractivity contribution in [3.05, 3.63) is 76.1 Å². The first-order chi connectivity index (χ1) is 11.9. The number of allylic oxidation sites excluding steroid dienone is 6. The van der Waals surface area contributed by atoms with E-state index in [2.05, 4.69) is 76.0 Å². The van der Waals surface area contributed by atoms with E-state index < -0.39 is 8.32 Å². The van der Waals surface area contributed by atoms with E-state index in [0.29, 0.717) is 13.2 Å². The summed E-state index contributed by atoms with van der Waals surface area (Å²) in [6.45, 7) is 12.2. The van der Waals surface area contributed by atoms with Crippen molar-refractivity contribution >= 4 is 13.9 Å². The second kappa shape index (κ2) is 11.7. The molecule has 1 aromatic rings. The van der Waals surface area contributed by atoms with Crippen molar-refractivity contribution in [3.8, 4) is 0 Å². The summed E-state index contributed by atoms with van der Waals surface area (Å²) in [5.41, 5.74) is 7.49. The van der Waals surface area contributed by atoms with Gasteiger partial charge < -0.3 is 34.0 Å². The summed E-state index contributed by atoms with van der Waals surface area (Å²) in [5.74, 6) is 0.966. The van der Waals surface area contributed by atoms with E-state index in [0.717, 1.165) is 12.2 Å². The molecule has 149 valence electrons. The van der Waals surface area contributed by atoms with Crippen LogP contribution in [0.2, 0.25) is 19.6 Å². The molecule has 0 unspecified atom stereocenters. The quantitative estimate of drug-likeness (QED) is 0.295.